The molecule has 1 saturated heterocycles. The van der Waals surface area contributed by atoms with E-state index in [1.165, 1.54) is 6.07 Å². The van der Waals surface area contributed by atoms with E-state index in [9.17, 15) is 8.78 Å². The lowest BCUT2D eigenvalue weighted by atomic mass is 9.84. The summed E-state index contributed by atoms with van der Waals surface area (Å²) in [5.41, 5.74) is 1.03. The molecule has 7 nitrogen and oxygen atoms in total. The third-order valence-corrected chi connectivity index (χ3v) is 5.85. The molecule has 1 aromatic carbocycles. The fourth-order valence-electron chi connectivity index (χ4n) is 3.97. The quantitative estimate of drug-likeness (QED) is 0.651. The number of likely N-dealkylation sites (tertiary alicyclic amines) is 1. The van der Waals surface area contributed by atoms with Gasteiger partial charge in [-0.1, -0.05) is 37.6 Å². The van der Waals surface area contributed by atoms with Crippen molar-refractivity contribution >= 4 is 28.9 Å². The molecule has 0 aliphatic carbocycles. The Balaban J connectivity index is 0.00000119. The highest BCUT2D eigenvalue weighted by molar-refractivity contribution is 6.30. The van der Waals surface area contributed by atoms with Crippen LogP contribution in [-0.2, 0) is 6.54 Å². The van der Waals surface area contributed by atoms with Crippen molar-refractivity contribution in [3.05, 3.63) is 40.9 Å². The van der Waals surface area contributed by atoms with Gasteiger partial charge in [0.1, 0.15) is 5.84 Å². The minimum atomic E-state index is -3.71. The van der Waals surface area contributed by atoms with Gasteiger partial charge in [-0.2, -0.15) is 4.98 Å². The molecule has 1 fully saturated rings. The van der Waals surface area contributed by atoms with Gasteiger partial charge >= 0.3 is 6.29 Å². The maximum Gasteiger partial charge on any atom is 0.587 e. The van der Waals surface area contributed by atoms with Crippen LogP contribution in [0.2, 0.25) is 5.02 Å². The summed E-state index contributed by atoms with van der Waals surface area (Å²) >= 11 is 6.09. The monoisotopic (exact) mass is 465 g/mol. The molecule has 5 rings (SSSR count). The number of nitrogens with one attached hydrogen (secondary N) is 2. The Morgan fingerprint density at radius 2 is 1.94 bits per heavy atom. The summed E-state index contributed by atoms with van der Waals surface area (Å²) in [5.74, 6) is 0.855. The summed E-state index contributed by atoms with van der Waals surface area (Å²) in [7, 11) is 2.07. The predicted octanol–water partition coefficient (Wildman–Crippen LogP) is 4.98. The smallest absolute Gasteiger partial charge is 0.393 e. The van der Waals surface area contributed by atoms with Crippen LogP contribution in [0.15, 0.2) is 35.3 Å². The van der Waals surface area contributed by atoms with E-state index in [0.29, 0.717) is 23.1 Å². The Morgan fingerprint density at radius 1 is 1.19 bits per heavy atom. The van der Waals surface area contributed by atoms with Crippen LogP contribution >= 0.6 is 11.6 Å². The normalized spacial score (nSPS) is 21.2. The number of ether oxygens (including phenoxy) is 2. The van der Waals surface area contributed by atoms with Gasteiger partial charge in [-0.3, -0.25) is 4.99 Å². The Hall–Kier alpha value is -2.65. The molecule has 1 spiro atoms. The van der Waals surface area contributed by atoms with Gasteiger partial charge in [-0.05, 0) is 37.6 Å². The first-order valence-electron chi connectivity index (χ1n) is 10.7. The van der Waals surface area contributed by atoms with E-state index in [0.717, 1.165) is 37.3 Å². The van der Waals surface area contributed by atoms with Crippen molar-refractivity contribution in [1.29, 1.82) is 0 Å². The number of halogens is 3. The van der Waals surface area contributed by atoms with Crippen molar-refractivity contribution in [3.63, 3.8) is 0 Å². The highest BCUT2D eigenvalue weighted by Gasteiger charge is 2.47. The lowest BCUT2D eigenvalue weighted by molar-refractivity contribution is -0.287. The zero-order chi connectivity index (χ0) is 22.9. The number of amidine groups is 1. The van der Waals surface area contributed by atoms with Crippen molar-refractivity contribution in [2.75, 3.05) is 30.8 Å². The van der Waals surface area contributed by atoms with E-state index in [2.05, 4.69) is 37.0 Å². The van der Waals surface area contributed by atoms with Gasteiger partial charge in [0, 0.05) is 24.2 Å². The molecular formula is C22H26ClF2N5O2. The second-order valence-corrected chi connectivity index (χ2v) is 8.22. The number of aromatic nitrogens is 1. The van der Waals surface area contributed by atoms with Gasteiger partial charge in [-0.25, -0.2) is 0 Å². The molecule has 0 bridgehead atoms. The fraction of sp³-hybridized carbons (Fsp3) is 0.455. The maximum absolute atomic E-state index is 13.5. The number of pyridine rings is 1. The Morgan fingerprint density at radius 3 is 2.66 bits per heavy atom. The van der Waals surface area contributed by atoms with E-state index < -0.39 is 11.8 Å². The van der Waals surface area contributed by atoms with Gasteiger partial charge in [0.2, 0.25) is 0 Å². The lowest BCUT2D eigenvalue weighted by Crippen LogP contribution is -2.58. The second kappa shape index (κ2) is 8.71. The Kier molecular flexibility index (Phi) is 6.13. The summed E-state index contributed by atoms with van der Waals surface area (Å²) in [5, 5.41) is 7.41. The molecule has 0 radical (unpaired) electrons. The number of anilines is 2. The molecule has 2 aromatic rings. The van der Waals surface area contributed by atoms with E-state index in [-0.39, 0.29) is 11.6 Å². The number of benzene rings is 1. The molecule has 0 atom stereocenters. The van der Waals surface area contributed by atoms with Crippen LogP contribution in [-0.4, -0.2) is 47.7 Å². The topological polar surface area (TPSA) is 71.0 Å². The van der Waals surface area contributed by atoms with Crippen molar-refractivity contribution in [2.45, 2.75) is 45.1 Å². The zero-order valence-corrected chi connectivity index (χ0v) is 19.0. The van der Waals surface area contributed by atoms with Gasteiger partial charge in [-0.15, -0.1) is 8.78 Å². The highest BCUT2D eigenvalue weighted by atomic mass is 35.5. The fourth-order valence-corrected chi connectivity index (χ4v) is 4.18. The molecule has 1 aromatic heterocycles. The number of rotatable bonds is 2. The first-order chi connectivity index (χ1) is 15.3. The summed E-state index contributed by atoms with van der Waals surface area (Å²) in [4.78, 5) is 11.3. The van der Waals surface area contributed by atoms with Gasteiger partial charge < -0.3 is 25.0 Å². The minimum absolute atomic E-state index is 0.110. The standard InChI is InChI=1S/C20H20ClF2N5O2.C2H6/c1-28-7-5-19(6-8-28)18(24-11-12-3-2-4-13(21)9-12)25-14-10-15-17(26-16(14)27-19)30-20(22,23)29-15;1-2/h2-4,9-10H,5-8,11H2,1H3,(H,24,25)(H,26,27);1-2H3. The van der Waals surface area contributed by atoms with Crippen molar-refractivity contribution in [1.82, 2.24) is 9.88 Å². The van der Waals surface area contributed by atoms with Crippen LogP contribution in [0.25, 0.3) is 0 Å². The Labute approximate surface area is 190 Å². The summed E-state index contributed by atoms with van der Waals surface area (Å²) < 4.78 is 36.0. The van der Waals surface area contributed by atoms with E-state index >= 15 is 0 Å². The number of hydrogen-bond donors (Lipinski definition) is 2. The van der Waals surface area contributed by atoms with Crippen LogP contribution in [0.4, 0.5) is 20.3 Å². The van der Waals surface area contributed by atoms with E-state index in [4.69, 9.17) is 16.6 Å². The van der Waals surface area contributed by atoms with Crippen LogP contribution in [0.3, 0.4) is 0 Å². The van der Waals surface area contributed by atoms with Crippen LogP contribution in [0.1, 0.15) is 32.3 Å². The average molecular weight is 466 g/mol. The SMILES string of the molecule is CC.CN1CCC2(CC1)Nc1nc3c(cc1NC2=NCc1cccc(Cl)c1)OC(F)(F)O3. The predicted molar refractivity (Wildman–Crippen MR) is 121 cm³/mol. The van der Waals surface area contributed by atoms with Crippen LogP contribution in [0, 0.1) is 0 Å². The minimum Gasteiger partial charge on any atom is -0.393 e. The van der Waals surface area contributed by atoms with Crippen molar-refractivity contribution in [2.24, 2.45) is 4.99 Å². The highest BCUT2D eigenvalue weighted by Crippen LogP contribution is 2.45. The first-order valence-corrected chi connectivity index (χ1v) is 11.0. The molecule has 32 heavy (non-hydrogen) atoms. The molecule has 0 saturated carbocycles. The average Bonchev–Trinajstić information content (AvgIpc) is 3.07. The molecule has 3 aliphatic heterocycles. The zero-order valence-electron chi connectivity index (χ0n) is 18.2. The summed E-state index contributed by atoms with van der Waals surface area (Å²) in [6.07, 6.45) is -2.14. The molecule has 0 unspecified atom stereocenters. The van der Waals surface area contributed by atoms with Gasteiger partial charge in [0.25, 0.3) is 5.88 Å². The number of fused-ring (bicyclic) bond motifs is 2. The number of alkyl halides is 2. The second-order valence-electron chi connectivity index (χ2n) is 7.79. The Bertz CT molecular complexity index is 1030. The lowest BCUT2D eigenvalue weighted by Gasteiger charge is -2.45. The van der Waals surface area contributed by atoms with Crippen molar-refractivity contribution < 1.29 is 18.3 Å². The molecule has 2 N–H and O–H groups in total. The third kappa shape index (κ3) is 4.45. The van der Waals surface area contributed by atoms with Crippen LogP contribution in [0.5, 0.6) is 11.6 Å². The first kappa shape index (κ1) is 22.5. The summed E-state index contributed by atoms with van der Waals surface area (Å²) in [6, 6.07) is 9.00. The molecule has 10 heteroatoms. The molecule has 172 valence electrons. The van der Waals surface area contributed by atoms with Crippen molar-refractivity contribution in [3.8, 4) is 11.6 Å². The van der Waals surface area contributed by atoms with Crippen LogP contribution < -0.4 is 20.1 Å². The summed E-state index contributed by atoms with van der Waals surface area (Å²) in [6.45, 7) is 6.17. The van der Waals surface area contributed by atoms with Gasteiger partial charge in [0.15, 0.2) is 11.6 Å². The number of nitrogens with zero attached hydrogens (tertiary/aromatic N) is 3. The molecule has 4 heterocycles. The number of aliphatic imine (C=N–C) groups is 1. The van der Waals surface area contributed by atoms with Gasteiger partial charge in [0.05, 0.1) is 17.8 Å². The third-order valence-electron chi connectivity index (χ3n) is 5.61. The number of hydrogen-bond acceptors (Lipinski definition) is 6. The number of piperidine rings is 1. The molecule has 3 aliphatic rings. The molecular weight excluding hydrogens is 440 g/mol. The van der Waals surface area contributed by atoms with E-state index in [1.54, 1.807) is 0 Å². The van der Waals surface area contributed by atoms with E-state index in [1.807, 2.05) is 38.1 Å². The molecule has 0 amide bonds. The largest absolute Gasteiger partial charge is 0.587 e. The maximum atomic E-state index is 13.5.